The monoisotopic (exact) mass is 209 g/mol. The van der Waals surface area contributed by atoms with Gasteiger partial charge in [0, 0.05) is 6.54 Å². The standard InChI is InChI=1S/C12H19NO2/c14-12(15)10-6-13-5-9(10)11(7-1-2-7)8-3-4-8/h7-11,13H,1-6H2,(H,14,15). The summed E-state index contributed by atoms with van der Waals surface area (Å²) in [5.41, 5.74) is 0. The lowest BCUT2D eigenvalue weighted by Crippen LogP contribution is -2.30. The molecule has 3 nitrogen and oxygen atoms in total. The first-order valence-electron chi connectivity index (χ1n) is 6.21. The van der Waals surface area contributed by atoms with E-state index in [2.05, 4.69) is 5.32 Å². The maximum atomic E-state index is 11.2. The molecule has 0 aromatic carbocycles. The summed E-state index contributed by atoms with van der Waals surface area (Å²) in [4.78, 5) is 11.2. The van der Waals surface area contributed by atoms with Gasteiger partial charge < -0.3 is 10.4 Å². The predicted octanol–water partition coefficient (Wildman–Crippen LogP) is 1.34. The van der Waals surface area contributed by atoms with Crippen LogP contribution in [0, 0.1) is 29.6 Å². The molecule has 0 amide bonds. The molecule has 2 atom stereocenters. The summed E-state index contributed by atoms with van der Waals surface area (Å²) in [6.45, 7) is 1.63. The summed E-state index contributed by atoms with van der Waals surface area (Å²) in [6.07, 6.45) is 5.40. The van der Waals surface area contributed by atoms with E-state index in [0.717, 1.165) is 24.3 Å². The van der Waals surface area contributed by atoms with Crippen molar-refractivity contribution in [2.75, 3.05) is 13.1 Å². The molecule has 3 fully saturated rings. The zero-order valence-corrected chi connectivity index (χ0v) is 8.98. The van der Waals surface area contributed by atoms with Gasteiger partial charge in [0.25, 0.3) is 0 Å². The Morgan fingerprint density at radius 2 is 1.73 bits per heavy atom. The van der Waals surface area contributed by atoms with Crippen molar-refractivity contribution in [3.05, 3.63) is 0 Å². The highest BCUT2D eigenvalue weighted by atomic mass is 16.4. The van der Waals surface area contributed by atoms with Crippen LogP contribution in [-0.4, -0.2) is 24.2 Å². The molecule has 0 aromatic heterocycles. The Hall–Kier alpha value is -0.570. The quantitative estimate of drug-likeness (QED) is 0.734. The largest absolute Gasteiger partial charge is 0.481 e. The molecular weight excluding hydrogens is 190 g/mol. The molecule has 2 aliphatic carbocycles. The Balaban J connectivity index is 1.74. The van der Waals surface area contributed by atoms with E-state index in [1.807, 2.05) is 0 Å². The number of carboxylic acid groups (broad SMARTS) is 1. The molecule has 0 radical (unpaired) electrons. The van der Waals surface area contributed by atoms with Gasteiger partial charge >= 0.3 is 5.97 Å². The second-order valence-electron chi connectivity index (χ2n) is 5.52. The van der Waals surface area contributed by atoms with Crippen molar-refractivity contribution in [2.24, 2.45) is 29.6 Å². The maximum absolute atomic E-state index is 11.2. The van der Waals surface area contributed by atoms with Gasteiger partial charge in [-0.15, -0.1) is 0 Å². The molecule has 0 spiro atoms. The van der Waals surface area contributed by atoms with Crippen molar-refractivity contribution in [3.63, 3.8) is 0 Å². The average Bonchev–Trinajstić information content (AvgIpc) is 3.07. The Morgan fingerprint density at radius 3 is 2.20 bits per heavy atom. The highest BCUT2D eigenvalue weighted by Crippen LogP contribution is 2.54. The van der Waals surface area contributed by atoms with Crippen LogP contribution >= 0.6 is 0 Å². The molecule has 84 valence electrons. The summed E-state index contributed by atoms with van der Waals surface area (Å²) < 4.78 is 0. The van der Waals surface area contributed by atoms with Crippen LogP contribution in [0.4, 0.5) is 0 Å². The third kappa shape index (κ3) is 1.78. The van der Waals surface area contributed by atoms with Gasteiger partial charge in [-0.05, 0) is 55.9 Å². The van der Waals surface area contributed by atoms with E-state index in [-0.39, 0.29) is 5.92 Å². The van der Waals surface area contributed by atoms with Gasteiger partial charge in [-0.1, -0.05) is 0 Å². The first-order chi connectivity index (χ1) is 7.27. The van der Waals surface area contributed by atoms with E-state index in [0.29, 0.717) is 12.5 Å². The van der Waals surface area contributed by atoms with Crippen molar-refractivity contribution in [3.8, 4) is 0 Å². The van der Waals surface area contributed by atoms with E-state index in [1.165, 1.54) is 25.7 Å². The molecule has 1 aliphatic heterocycles. The lowest BCUT2D eigenvalue weighted by Gasteiger charge is -2.25. The average molecular weight is 209 g/mol. The summed E-state index contributed by atoms with van der Waals surface area (Å²) in [5.74, 6) is 2.17. The van der Waals surface area contributed by atoms with Gasteiger partial charge in [0.15, 0.2) is 0 Å². The number of aliphatic carboxylic acids is 1. The van der Waals surface area contributed by atoms with E-state index in [1.54, 1.807) is 0 Å². The minimum atomic E-state index is -0.587. The summed E-state index contributed by atoms with van der Waals surface area (Å²) in [6, 6.07) is 0. The van der Waals surface area contributed by atoms with E-state index in [4.69, 9.17) is 0 Å². The highest BCUT2D eigenvalue weighted by molar-refractivity contribution is 5.71. The predicted molar refractivity (Wildman–Crippen MR) is 56.4 cm³/mol. The third-order valence-corrected chi connectivity index (χ3v) is 4.41. The minimum absolute atomic E-state index is 0.115. The van der Waals surface area contributed by atoms with Crippen molar-refractivity contribution >= 4 is 5.97 Å². The lowest BCUT2D eigenvalue weighted by molar-refractivity contribution is -0.143. The van der Waals surface area contributed by atoms with Crippen molar-refractivity contribution in [2.45, 2.75) is 25.7 Å². The highest BCUT2D eigenvalue weighted by Gasteiger charge is 2.50. The van der Waals surface area contributed by atoms with Gasteiger partial charge in [0.05, 0.1) is 5.92 Å². The Morgan fingerprint density at radius 1 is 1.13 bits per heavy atom. The van der Waals surface area contributed by atoms with Crippen LogP contribution in [0.2, 0.25) is 0 Å². The lowest BCUT2D eigenvalue weighted by atomic mass is 9.78. The minimum Gasteiger partial charge on any atom is -0.481 e. The SMILES string of the molecule is O=C(O)C1CNCC1C(C1CC1)C1CC1. The van der Waals surface area contributed by atoms with Crippen LogP contribution in [0.25, 0.3) is 0 Å². The van der Waals surface area contributed by atoms with Crippen molar-refractivity contribution < 1.29 is 9.90 Å². The van der Waals surface area contributed by atoms with Gasteiger partial charge in [-0.3, -0.25) is 4.79 Å². The number of hydrogen-bond donors (Lipinski definition) is 2. The molecule has 1 heterocycles. The van der Waals surface area contributed by atoms with Crippen molar-refractivity contribution in [1.82, 2.24) is 5.32 Å². The molecule has 0 bridgehead atoms. The molecule has 2 unspecified atom stereocenters. The number of nitrogens with one attached hydrogen (secondary N) is 1. The molecule has 0 aromatic rings. The van der Waals surface area contributed by atoms with Crippen LogP contribution < -0.4 is 5.32 Å². The van der Waals surface area contributed by atoms with E-state index < -0.39 is 5.97 Å². The van der Waals surface area contributed by atoms with E-state index >= 15 is 0 Å². The first kappa shape index (κ1) is 9.64. The topological polar surface area (TPSA) is 49.3 Å². The van der Waals surface area contributed by atoms with Gasteiger partial charge in [-0.25, -0.2) is 0 Å². The van der Waals surface area contributed by atoms with Crippen LogP contribution in [-0.2, 0) is 4.79 Å². The van der Waals surface area contributed by atoms with Gasteiger partial charge in [0.1, 0.15) is 0 Å². The Kier molecular flexibility index (Phi) is 2.23. The fourth-order valence-corrected chi connectivity index (χ4v) is 3.42. The Bertz CT molecular complexity index is 259. The second-order valence-corrected chi connectivity index (χ2v) is 5.52. The molecule has 1 saturated heterocycles. The smallest absolute Gasteiger partial charge is 0.308 e. The summed E-state index contributed by atoms with van der Waals surface area (Å²) in [7, 11) is 0. The molecule has 2 saturated carbocycles. The van der Waals surface area contributed by atoms with Gasteiger partial charge in [0.2, 0.25) is 0 Å². The third-order valence-electron chi connectivity index (χ3n) is 4.41. The molecular formula is C12H19NO2. The molecule has 3 heteroatoms. The zero-order valence-electron chi connectivity index (χ0n) is 8.98. The van der Waals surface area contributed by atoms with Crippen LogP contribution in [0.1, 0.15) is 25.7 Å². The molecule has 15 heavy (non-hydrogen) atoms. The van der Waals surface area contributed by atoms with Crippen LogP contribution in [0.3, 0.4) is 0 Å². The number of carboxylic acids is 1. The first-order valence-corrected chi connectivity index (χ1v) is 6.21. The van der Waals surface area contributed by atoms with Gasteiger partial charge in [-0.2, -0.15) is 0 Å². The number of hydrogen-bond acceptors (Lipinski definition) is 2. The summed E-state index contributed by atoms with van der Waals surface area (Å²) >= 11 is 0. The molecule has 2 N–H and O–H groups in total. The zero-order chi connectivity index (χ0) is 10.4. The maximum Gasteiger partial charge on any atom is 0.308 e. The molecule has 3 rings (SSSR count). The summed E-state index contributed by atoms with van der Waals surface area (Å²) in [5, 5.41) is 12.5. The fourth-order valence-electron chi connectivity index (χ4n) is 3.42. The Labute approximate surface area is 90.2 Å². The number of rotatable bonds is 4. The normalized spacial score (nSPS) is 36.1. The second kappa shape index (κ2) is 3.48. The fraction of sp³-hybridized carbons (Fsp3) is 0.917. The number of carbonyl (C=O) groups is 1. The molecule has 3 aliphatic rings. The van der Waals surface area contributed by atoms with E-state index in [9.17, 15) is 9.90 Å². The van der Waals surface area contributed by atoms with Crippen LogP contribution in [0.5, 0.6) is 0 Å². The van der Waals surface area contributed by atoms with Crippen molar-refractivity contribution in [1.29, 1.82) is 0 Å². The van der Waals surface area contributed by atoms with Crippen LogP contribution in [0.15, 0.2) is 0 Å².